The molecule has 0 saturated carbocycles. The lowest BCUT2D eigenvalue weighted by molar-refractivity contribution is 0.0527. The predicted octanol–water partition coefficient (Wildman–Crippen LogP) is 1.95. The number of carbonyl (C=O) groups is 1. The normalized spacial score (nSPS) is 10.7. The van der Waals surface area contributed by atoms with Gasteiger partial charge in [-0.3, -0.25) is 0 Å². The van der Waals surface area contributed by atoms with Crippen LogP contribution in [0.15, 0.2) is 22.9 Å². The molecular formula is C10H11NO3. The van der Waals surface area contributed by atoms with Crippen LogP contribution in [0, 0.1) is 0 Å². The number of aryl methyl sites for hydroxylation is 1. The molecule has 74 valence electrons. The Bertz CT molecular complexity index is 467. The molecule has 0 fully saturated rings. The lowest BCUT2D eigenvalue weighted by Crippen LogP contribution is -2.03. The molecule has 0 aliphatic rings. The Kier molecular flexibility index (Phi) is 2.04. The molecular weight excluding hydrogens is 182 g/mol. The van der Waals surface area contributed by atoms with Crippen LogP contribution in [0.3, 0.4) is 0 Å². The van der Waals surface area contributed by atoms with Gasteiger partial charge in [-0.2, -0.15) is 0 Å². The number of hydrogen-bond donors (Lipinski definition) is 0. The van der Waals surface area contributed by atoms with E-state index in [-0.39, 0.29) is 5.97 Å². The highest BCUT2D eigenvalue weighted by Crippen LogP contribution is 2.22. The van der Waals surface area contributed by atoms with Crippen LogP contribution in [0.1, 0.15) is 17.3 Å². The molecule has 0 aliphatic carbocycles. The molecule has 0 spiro atoms. The van der Waals surface area contributed by atoms with Crippen molar-refractivity contribution in [3.05, 3.63) is 24.1 Å². The quantitative estimate of drug-likeness (QED) is 0.684. The Hall–Kier alpha value is -1.71. The van der Waals surface area contributed by atoms with Gasteiger partial charge >= 0.3 is 5.97 Å². The van der Waals surface area contributed by atoms with Gasteiger partial charge in [0.1, 0.15) is 5.56 Å². The van der Waals surface area contributed by atoms with Gasteiger partial charge in [0.25, 0.3) is 0 Å². The van der Waals surface area contributed by atoms with Crippen LogP contribution in [0.25, 0.3) is 11.1 Å². The van der Waals surface area contributed by atoms with E-state index in [0.717, 1.165) is 5.52 Å². The Morgan fingerprint density at radius 2 is 2.43 bits per heavy atom. The summed E-state index contributed by atoms with van der Waals surface area (Å²) in [5, 5.41) is 0. The van der Waals surface area contributed by atoms with Crippen LogP contribution >= 0.6 is 0 Å². The van der Waals surface area contributed by atoms with E-state index in [2.05, 4.69) is 0 Å². The first-order valence-electron chi connectivity index (χ1n) is 4.43. The third-order valence-electron chi connectivity index (χ3n) is 2.09. The van der Waals surface area contributed by atoms with Gasteiger partial charge in [0.2, 0.25) is 0 Å². The van der Waals surface area contributed by atoms with E-state index in [1.54, 1.807) is 19.4 Å². The van der Waals surface area contributed by atoms with Crippen molar-refractivity contribution in [2.75, 3.05) is 6.61 Å². The van der Waals surface area contributed by atoms with Crippen LogP contribution in [0.2, 0.25) is 0 Å². The third kappa shape index (κ3) is 1.19. The van der Waals surface area contributed by atoms with Gasteiger partial charge in [0.05, 0.1) is 18.4 Å². The minimum absolute atomic E-state index is 0.340. The van der Waals surface area contributed by atoms with Gasteiger partial charge in [-0.1, -0.05) is 0 Å². The fourth-order valence-electron chi connectivity index (χ4n) is 1.46. The molecule has 2 aromatic heterocycles. The topological polar surface area (TPSA) is 44.4 Å². The van der Waals surface area contributed by atoms with E-state index < -0.39 is 0 Å². The average molecular weight is 193 g/mol. The second kappa shape index (κ2) is 3.21. The lowest BCUT2D eigenvalue weighted by Gasteiger charge is -1.97. The molecule has 0 aliphatic heterocycles. The van der Waals surface area contributed by atoms with Crippen molar-refractivity contribution in [2.24, 2.45) is 7.05 Å². The Morgan fingerprint density at radius 3 is 3.14 bits per heavy atom. The number of aromatic nitrogens is 1. The number of furan rings is 1. The van der Waals surface area contributed by atoms with E-state index in [4.69, 9.17) is 9.15 Å². The highest BCUT2D eigenvalue weighted by atomic mass is 16.5. The molecule has 0 radical (unpaired) electrons. The Morgan fingerprint density at radius 1 is 1.64 bits per heavy atom. The fraction of sp³-hybridized carbons (Fsp3) is 0.300. The minimum Gasteiger partial charge on any atom is -0.462 e. The first-order valence-corrected chi connectivity index (χ1v) is 4.43. The zero-order chi connectivity index (χ0) is 10.1. The summed E-state index contributed by atoms with van der Waals surface area (Å²) in [5.74, 6) is -0.340. The molecule has 0 N–H and O–H groups in total. The third-order valence-corrected chi connectivity index (χ3v) is 2.09. The second-order valence-electron chi connectivity index (χ2n) is 3.01. The molecule has 14 heavy (non-hydrogen) atoms. The lowest BCUT2D eigenvalue weighted by atomic mass is 10.3. The molecule has 4 nitrogen and oxygen atoms in total. The van der Waals surface area contributed by atoms with Gasteiger partial charge in [-0.05, 0) is 6.92 Å². The first-order chi connectivity index (χ1) is 6.74. The SMILES string of the molecule is CCOC(=O)c1cn(C)c2ccoc12. The van der Waals surface area contributed by atoms with Gasteiger partial charge < -0.3 is 13.7 Å². The van der Waals surface area contributed by atoms with Gasteiger partial charge in [0.15, 0.2) is 5.58 Å². The molecule has 4 heteroatoms. The van der Waals surface area contributed by atoms with Crippen molar-refractivity contribution in [2.45, 2.75) is 6.92 Å². The first kappa shape index (κ1) is 8.87. The number of carbonyl (C=O) groups excluding carboxylic acids is 1. The van der Waals surface area contributed by atoms with Crippen molar-refractivity contribution in [3.8, 4) is 0 Å². The summed E-state index contributed by atoms with van der Waals surface area (Å²) in [6.07, 6.45) is 3.28. The summed E-state index contributed by atoms with van der Waals surface area (Å²) >= 11 is 0. The summed E-state index contributed by atoms with van der Waals surface area (Å²) in [7, 11) is 1.86. The van der Waals surface area contributed by atoms with Crippen molar-refractivity contribution in [3.63, 3.8) is 0 Å². The number of esters is 1. The van der Waals surface area contributed by atoms with Crippen LogP contribution in [0.5, 0.6) is 0 Å². The highest BCUT2D eigenvalue weighted by molar-refractivity contribution is 6.01. The molecule has 2 aromatic rings. The van der Waals surface area contributed by atoms with E-state index in [1.165, 1.54) is 0 Å². The maximum absolute atomic E-state index is 11.5. The summed E-state index contributed by atoms with van der Waals surface area (Å²) in [6.45, 7) is 2.15. The summed E-state index contributed by atoms with van der Waals surface area (Å²) < 4.78 is 12.0. The molecule has 2 rings (SSSR count). The zero-order valence-corrected chi connectivity index (χ0v) is 8.11. The Labute approximate surface area is 81.1 Å². The summed E-state index contributed by atoms with van der Waals surface area (Å²) in [4.78, 5) is 11.5. The van der Waals surface area contributed by atoms with Crippen LogP contribution < -0.4 is 0 Å². The number of fused-ring (bicyclic) bond motifs is 1. The number of rotatable bonds is 2. The Balaban J connectivity index is 2.51. The van der Waals surface area contributed by atoms with Crippen LogP contribution in [-0.4, -0.2) is 17.1 Å². The fourth-order valence-corrected chi connectivity index (χ4v) is 1.46. The summed E-state index contributed by atoms with van der Waals surface area (Å²) in [6, 6.07) is 1.82. The van der Waals surface area contributed by atoms with Crippen molar-refractivity contribution in [1.82, 2.24) is 4.57 Å². The number of ether oxygens (including phenoxy) is 1. The minimum atomic E-state index is -0.340. The smallest absolute Gasteiger partial charge is 0.343 e. The number of hydrogen-bond acceptors (Lipinski definition) is 3. The van der Waals surface area contributed by atoms with Crippen LogP contribution in [-0.2, 0) is 11.8 Å². The van der Waals surface area contributed by atoms with E-state index in [1.807, 2.05) is 17.7 Å². The maximum Gasteiger partial charge on any atom is 0.343 e. The zero-order valence-electron chi connectivity index (χ0n) is 8.11. The molecule has 0 saturated heterocycles. The molecule has 0 amide bonds. The van der Waals surface area contributed by atoms with E-state index >= 15 is 0 Å². The predicted molar refractivity (Wildman–Crippen MR) is 51.1 cm³/mol. The standard InChI is InChI=1S/C10H11NO3/c1-3-13-10(12)7-6-11(2)8-4-5-14-9(7)8/h4-6H,3H2,1-2H3. The molecule has 0 aromatic carbocycles. The van der Waals surface area contributed by atoms with E-state index in [9.17, 15) is 4.79 Å². The highest BCUT2D eigenvalue weighted by Gasteiger charge is 2.17. The van der Waals surface area contributed by atoms with Gasteiger partial charge in [-0.25, -0.2) is 4.79 Å². The van der Waals surface area contributed by atoms with Crippen molar-refractivity contribution in [1.29, 1.82) is 0 Å². The molecule has 0 bridgehead atoms. The monoisotopic (exact) mass is 193 g/mol. The second-order valence-corrected chi connectivity index (χ2v) is 3.01. The largest absolute Gasteiger partial charge is 0.462 e. The van der Waals surface area contributed by atoms with Gasteiger partial charge in [-0.15, -0.1) is 0 Å². The van der Waals surface area contributed by atoms with Crippen molar-refractivity contribution < 1.29 is 13.9 Å². The molecule has 0 atom stereocenters. The maximum atomic E-state index is 11.5. The average Bonchev–Trinajstić information content (AvgIpc) is 2.70. The summed E-state index contributed by atoms with van der Waals surface area (Å²) in [5.41, 5.74) is 1.97. The molecule has 0 unspecified atom stereocenters. The van der Waals surface area contributed by atoms with Crippen molar-refractivity contribution >= 4 is 17.1 Å². The number of nitrogens with zero attached hydrogens (tertiary/aromatic N) is 1. The van der Waals surface area contributed by atoms with E-state index in [0.29, 0.717) is 17.8 Å². The van der Waals surface area contributed by atoms with Crippen LogP contribution in [0.4, 0.5) is 0 Å². The van der Waals surface area contributed by atoms with Gasteiger partial charge in [0, 0.05) is 19.3 Å². The molecule has 2 heterocycles.